The van der Waals surface area contributed by atoms with Gasteiger partial charge in [0.1, 0.15) is 12.1 Å². The molecule has 0 radical (unpaired) electrons. The molecule has 0 saturated carbocycles. The minimum atomic E-state index is 0.0219. The van der Waals surface area contributed by atoms with Gasteiger partial charge in [-0.3, -0.25) is 0 Å². The van der Waals surface area contributed by atoms with Crippen LogP contribution >= 0.6 is 0 Å². The Morgan fingerprint density at radius 2 is 2.12 bits per heavy atom. The van der Waals surface area contributed by atoms with Gasteiger partial charge < -0.3 is 15.5 Å². The Kier molecular flexibility index (Phi) is 3.84. The van der Waals surface area contributed by atoms with E-state index in [0.29, 0.717) is 31.0 Å². The minimum absolute atomic E-state index is 0.0219. The fourth-order valence-corrected chi connectivity index (χ4v) is 1.58. The molecule has 0 atom stereocenters. The number of hydrogen-bond acceptors (Lipinski definition) is 6. The topological polar surface area (TPSA) is 96.1 Å². The summed E-state index contributed by atoms with van der Waals surface area (Å²) >= 11 is 0. The Balaban J connectivity index is 2.24. The van der Waals surface area contributed by atoms with Crippen LogP contribution in [0.4, 0.5) is 5.82 Å². The molecule has 0 saturated heterocycles. The lowest BCUT2D eigenvalue weighted by molar-refractivity contribution is 0.271. The maximum absolute atomic E-state index is 8.89. The van der Waals surface area contributed by atoms with Crippen LogP contribution in [0.25, 0.3) is 11.0 Å². The number of aromatic nitrogens is 4. The van der Waals surface area contributed by atoms with Gasteiger partial charge in [-0.25, -0.2) is 14.6 Å². The van der Waals surface area contributed by atoms with Crippen LogP contribution in [0.5, 0.6) is 0 Å². The summed E-state index contributed by atoms with van der Waals surface area (Å²) in [5.41, 5.74) is 0.695. The lowest BCUT2D eigenvalue weighted by atomic mass is 10.3. The molecule has 0 bridgehead atoms. The second-order valence-corrected chi connectivity index (χ2v) is 3.55. The van der Waals surface area contributed by atoms with Crippen LogP contribution < -0.4 is 5.32 Å². The fraction of sp³-hybridized carbons (Fsp3) is 0.500. The highest BCUT2D eigenvalue weighted by atomic mass is 16.3. The molecule has 17 heavy (non-hydrogen) atoms. The van der Waals surface area contributed by atoms with E-state index in [-0.39, 0.29) is 13.2 Å². The Labute approximate surface area is 98.1 Å². The van der Waals surface area contributed by atoms with Crippen LogP contribution in [-0.2, 0) is 6.54 Å². The maximum Gasteiger partial charge on any atom is 0.163 e. The highest BCUT2D eigenvalue weighted by Gasteiger charge is 2.08. The molecule has 2 aromatic heterocycles. The normalized spacial score (nSPS) is 10.9. The number of rotatable bonds is 6. The van der Waals surface area contributed by atoms with E-state index >= 15 is 0 Å². The molecule has 0 amide bonds. The Morgan fingerprint density at radius 1 is 1.24 bits per heavy atom. The zero-order valence-electron chi connectivity index (χ0n) is 9.37. The average Bonchev–Trinajstić information content (AvgIpc) is 2.75. The van der Waals surface area contributed by atoms with E-state index in [1.807, 2.05) is 0 Å². The van der Waals surface area contributed by atoms with Crippen LogP contribution in [0.3, 0.4) is 0 Å². The molecule has 2 rings (SSSR count). The molecule has 0 unspecified atom stereocenters. The van der Waals surface area contributed by atoms with Gasteiger partial charge in [-0.2, -0.15) is 5.10 Å². The number of anilines is 1. The van der Waals surface area contributed by atoms with E-state index in [9.17, 15) is 0 Å². The predicted octanol–water partition coefficient (Wildman–Crippen LogP) is -0.387. The Bertz CT molecular complexity index is 485. The highest BCUT2D eigenvalue weighted by Crippen LogP contribution is 2.18. The van der Waals surface area contributed by atoms with Crippen LogP contribution in [0, 0.1) is 0 Å². The molecule has 92 valence electrons. The van der Waals surface area contributed by atoms with Gasteiger partial charge in [0.25, 0.3) is 0 Å². The van der Waals surface area contributed by atoms with Crippen molar-refractivity contribution in [2.75, 3.05) is 25.1 Å². The summed E-state index contributed by atoms with van der Waals surface area (Å²) in [5, 5.41) is 25.7. The fourth-order valence-electron chi connectivity index (χ4n) is 1.58. The first kappa shape index (κ1) is 11.7. The van der Waals surface area contributed by atoms with Crippen molar-refractivity contribution in [2.45, 2.75) is 13.0 Å². The summed E-state index contributed by atoms with van der Waals surface area (Å²) in [6, 6.07) is 0. The zero-order chi connectivity index (χ0) is 12.1. The first-order chi connectivity index (χ1) is 8.36. The van der Waals surface area contributed by atoms with Crippen LogP contribution in [0.1, 0.15) is 6.42 Å². The molecule has 0 fully saturated rings. The van der Waals surface area contributed by atoms with Crippen molar-refractivity contribution in [1.29, 1.82) is 0 Å². The van der Waals surface area contributed by atoms with Crippen molar-refractivity contribution < 1.29 is 10.2 Å². The van der Waals surface area contributed by atoms with Gasteiger partial charge in [-0.05, 0) is 6.42 Å². The van der Waals surface area contributed by atoms with Crippen LogP contribution in [-0.4, -0.2) is 49.7 Å². The standard InChI is InChI=1S/C10H15N5O2/c16-4-1-2-11-9-8-6-14-15(3-5-17)10(8)13-7-12-9/h6-7,16-17H,1-5H2,(H,11,12,13). The lowest BCUT2D eigenvalue weighted by Gasteiger charge is -2.05. The molecule has 2 aromatic rings. The van der Waals surface area contributed by atoms with Crippen molar-refractivity contribution >= 4 is 16.9 Å². The van der Waals surface area contributed by atoms with Gasteiger partial charge in [0.15, 0.2) is 5.65 Å². The Morgan fingerprint density at radius 3 is 2.88 bits per heavy atom. The SMILES string of the molecule is OCCCNc1ncnc2c1cnn2CCO. The third kappa shape index (κ3) is 2.51. The summed E-state index contributed by atoms with van der Waals surface area (Å²) in [6.07, 6.45) is 3.79. The van der Waals surface area contributed by atoms with E-state index in [0.717, 1.165) is 5.39 Å². The molecule has 3 N–H and O–H groups in total. The molecule has 2 heterocycles. The van der Waals surface area contributed by atoms with Gasteiger partial charge in [0.05, 0.1) is 24.7 Å². The van der Waals surface area contributed by atoms with Gasteiger partial charge in [-0.1, -0.05) is 0 Å². The third-order valence-electron chi connectivity index (χ3n) is 2.37. The predicted molar refractivity (Wildman–Crippen MR) is 62.6 cm³/mol. The smallest absolute Gasteiger partial charge is 0.163 e. The molecule has 0 aliphatic heterocycles. The van der Waals surface area contributed by atoms with E-state index in [1.165, 1.54) is 6.33 Å². The lowest BCUT2D eigenvalue weighted by Crippen LogP contribution is -2.07. The molecule has 7 heteroatoms. The summed E-state index contributed by atoms with van der Waals surface area (Å²) in [7, 11) is 0. The third-order valence-corrected chi connectivity index (χ3v) is 2.37. The quantitative estimate of drug-likeness (QED) is 0.592. The number of nitrogens with one attached hydrogen (secondary N) is 1. The first-order valence-corrected chi connectivity index (χ1v) is 5.49. The monoisotopic (exact) mass is 237 g/mol. The van der Waals surface area contributed by atoms with Crippen molar-refractivity contribution in [3.05, 3.63) is 12.5 Å². The second kappa shape index (κ2) is 5.55. The van der Waals surface area contributed by atoms with Gasteiger partial charge >= 0.3 is 0 Å². The molecular formula is C10H15N5O2. The number of nitrogens with zero attached hydrogens (tertiary/aromatic N) is 4. The Hall–Kier alpha value is -1.73. The molecule has 0 spiro atoms. The maximum atomic E-state index is 8.89. The second-order valence-electron chi connectivity index (χ2n) is 3.55. The van der Waals surface area contributed by atoms with Crippen molar-refractivity contribution in [3.8, 4) is 0 Å². The van der Waals surface area contributed by atoms with Crippen molar-refractivity contribution in [2.24, 2.45) is 0 Å². The molecule has 7 nitrogen and oxygen atoms in total. The van der Waals surface area contributed by atoms with Crippen LogP contribution in [0.2, 0.25) is 0 Å². The summed E-state index contributed by atoms with van der Waals surface area (Å²) in [6.45, 7) is 1.23. The van der Waals surface area contributed by atoms with Gasteiger partial charge in [-0.15, -0.1) is 0 Å². The number of hydrogen-bond donors (Lipinski definition) is 3. The number of fused-ring (bicyclic) bond motifs is 1. The van der Waals surface area contributed by atoms with E-state index < -0.39 is 0 Å². The summed E-state index contributed by atoms with van der Waals surface area (Å²) in [4.78, 5) is 8.27. The molecular weight excluding hydrogens is 222 g/mol. The average molecular weight is 237 g/mol. The molecule has 0 aliphatic rings. The van der Waals surface area contributed by atoms with Gasteiger partial charge in [0, 0.05) is 13.2 Å². The van der Waals surface area contributed by atoms with E-state index in [2.05, 4.69) is 20.4 Å². The number of aliphatic hydroxyl groups excluding tert-OH is 2. The molecule has 0 aliphatic carbocycles. The summed E-state index contributed by atoms with van der Waals surface area (Å²) < 4.78 is 1.63. The zero-order valence-corrected chi connectivity index (χ0v) is 9.37. The molecule has 0 aromatic carbocycles. The van der Waals surface area contributed by atoms with Crippen molar-refractivity contribution in [3.63, 3.8) is 0 Å². The van der Waals surface area contributed by atoms with Gasteiger partial charge in [0.2, 0.25) is 0 Å². The van der Waals surface area contributed by atoms with E-state index in [1.54, 1.807) is 10.9 Å². The van der Waals surface area contributed by atoms with Crippen LogP contribution in [0.15, 0.2) is 12.5 Å². The highest BCUT2D eigenvalue weighted by molar-refractivity contribution is 5.85. The summed E-state index contributed by atoms with van der Waals surface area (Å²) in [5.74, 6) is 0.702. The van der Waals surface area contributed by atoms with E-state index in [4.69, 9.17) is 10.2 Å². The number of aliphatic hydroxyl groups is 2. The minimum Gasteiger partial charge on any atom is -0.396 e. The van der Waals surface area contributed by atoms with Crippen molar-refractivity contribution in [1.82, 2.24) is 19.7 Å². The first-order valence-electron chi connectivity index (χ1n) is 5.49. The largest absolute Gasteiger partial charge is 0.396 e.